The first kappa shape index (κ1) is 80.0. The maximum absolute atomic E-state index is 14.2. The number of halogens is 8. The van der Waals surface area contributed by atoms with Gasteiger partial charge in [-0.2, -0.15) is 9.61 Å². The van der Waals surface area contributed by atoms with Crippen LogP contribution in [-0.4, -0.2) is 81.9 Å². The number of carbonyl (C=O) groups is 4. The number of fused-ring (bicyclic) bond motifs is 4. The third-order valence-corrected chi connectivity index (χ3v) is 17.9. The Hall–Kier alpha value is -15.0. The fourth-order valence-electron chi connectivity index (χ4n) is 11.7. The molecule has 0 aliphatic carbocycles. The normalized spacial score (nSPS) is 10.9. The summed E-state index contributed by atoms with van der Waals surface area (Å²) >= 11 is 0. The summed E-state index contributed by atoms with van der Waals surface area (Å²) in [5.74, 6) is -3.21. The van der Waals surface area contributed by atoms with E-state index in [0.29, 0.717) is 84.5 Å². The van der Waals surface area contributed by atoms with Gasteiger partial charge >= 0.3 is 0 Å². The van der Waals surface area contributed by atoms with E-state index >= 15 is 0 Å². The molecule has 0 atom stereocenters. The zero-order chi connectivity index (χ0) is 81.7. The van der Waals surface area contributed by atoms with E-state index < -0.39 is 41.0 Å². The van der Waals surface area contributed by atoms with Crippen molar-refractivity contribution in [2.75, 3.05) is 0 Å². The van der Waals surface area contributed by atoms with Gasteiger partial charge in [-0.15, -0.1) is 5.10 Å². The number of aryl methyl sites for hydroxylation is 2. The van der Waals surface area contributed by atoms with Gasteiger partial charge in [0.05, 0.1) is 16.8 Å². The summed E-state index contributed by atoms with van der Waals surface area (Å²) in [7, 11) is 0. The van der Waals surface area contributed by atoms with Gasteiger partial charge in [-0.1, -0.05) is 72.8 Å². The van der Waals surface area contributed by atoms with Crippen molar-refractivity contribution in [1.82, 2.24) is 74.3 Å². The van der Waals surface area contributed by atoms with Gasteiger partial charge < -0.3 is 43.7 Å². The molecule has 0 saturated carbocycles. The number of nitrogens with zero attached hydrogens (tertiary/aromatic N) is 12. The number of hydrogen-bond donors (Lipinski definition) is 3. The molecule has 23 nitrogen and oxygen atoms in total. The highest BCUT2D eigenvalue weighted by atomic mass is 19.2. The molecule has 117 heavy (non-hydrogen) atoms. The Labute approximate surface area is 660 Å². The van der Waals surface area contributed by atoms with E-state index in [-0.39, 0.29) is 116 Å². The maximum Gasteiger partial charge on any atom is 0.274 e. The predicted octanol–water partition coefficient (Wildman–Crippen LogP) is 15.3. The lowest BCUT2D eigenvalue weighted by atomic mass is 10.0. The van der Waals surface area contributed by atoms with E-state index in [0.717, 1.165) is 5.69 Å². The minimum absolute atomic E-state index is 0.00594. The van der Waals surface area contributed by atoms with Crippen molar-refractivity contribution in [3.8, 4) is 23.0 Å². The van der Waals surface area contributed by atoms with Crippen LogP contribution in [0.5, 0.6) is 23.0 Å². The van der Waals surface area contributed by atoms with Crippen LogP contribution in [0, 0.1) is 53.5 Å². The first-order valence-electron chi connectivity index (χ1n) is 36.0. The molecule has 0 saturated heterocycles. The number of Topliss-reactive ketones (excluding diaryl/α,β-unsaturated/α-hetero) is 1. The number of tetrazole rings is 1. The minimum Gasteiger partial charge on any atom is -0.489 e. The predicted molar refractivity (Wildman–Crippen MR) is 411 cm³/mol. The highest BCUT2D eigenvalue weighted by Gasteiger charge is 2.20. The molecule has 31 heteroatoms. The fraction of sp³-hybridized carbons (Fsp3) is 0.116. The third kappa shape index (κ3) is 20.8. The average Bonchev–Trinajstić information content (AvgIpc) is 1.54. The SMILES string of the molecule is Cc1cn2ccc(C(=O)CCc3cc(OCc4ccccc4F)ccc3F)cc2n1.O=C(NCc1cc(OCc2ccccc2F)ccc1F)c1cccn2ncnc12.O=C(NCc1cc(OCc2ccccc2F)ccc1F)c1cccn2nnnc12.O=C(NCc1cc(OCc2ccccc2F)ccc1F)c1nccn2ccnc12. The molecular weight excluding hydrogens is 1520 g/mol. The molecule has 0 aliphatic rings. The second-order valence-electron chi connectivity index (χ2n) is 25.8. The molecule has 16 aromatic rings. The van der Waals surface area contributed by atoms with Crippen LogP contribution >= 0.6 is 0 Å². The molecule has 0 spiro atoms. The first-order valence-corrected chi connectivity index (χ1v) is 36.0. The Balaban J connectivity index is 0.000000135. The third-order valence-electron chi connectivity index (χ3n) is 17.9. The fourth-order valence-corrected chi connectivity index (χ4v) is 11.7. The van der Waals surface area contributed by atoms with Crippen LogP contribution in [0.1, 0.15) is 98.2 Å². The van der Waals surface area contributed by atoms with Crippen LogP contribution in [-0.2, 0) is 52.5 Å². The van der Waals surface area contributed by atoms with Gasteiger partial charge in [0.2, 0.25) is 0 Å². The molecule has 0 aliphatic heterocycles. The van der Waals surface area contributed by atoms with Gasteiger partial charge in [0, 0.05) is 120 Å². The van der Waals surface area contributed by atoms with Crippen molar-refractivity contribution in [2.24, 2.45) is 0 Å². The number of ether oxygens (including phenoxy) is 4. The molecule has 3 N–H and O–H groups in total. The molecular formula is C86H67F8N15O8. The van der Waals surface area contributed by atoms with Crippen LogP contribution in [0.2, 0.25) is 0 Å². The summed E-state index contributed by atoms with van der Waals surface area (Å²) < 4.78 is 140. The monoisotopic (exact) mass is 1590 g/mol. The van der Waals surface area contributed by atoms with Crippen molar-refractivity contribution in [1.29, 1.82) is 0 Å². The molecule has 16 rings (SSSR count). The number of carbonyl (C=O) groups excluding carboxylic acids is 4. The lowest BCUT2D eigenvalue weighted by Crippen LogP contribution is -2.25. The van der Waals surface area contributed by atoms with Gasteiger partial charge in [0.25, 0.3) is 17.7 Å². The Morgan fingerprint density at radius 3 is 1.31 bits per heavy atom. The summed E-state index contributed by atoms with van der Waals surface area (Å²) in [5, 5.41) is 23.0. The van der Waals surface area contributed by atoms with E-state index in [1.54, 1.807) is 157 Å². The van der Waals surface area contributed by atoms with Crippen LogP contribution in [0.4, 0.5) is 35.1 Å². The van der Waals surface area contributed by atoms with E-state index in [4.69, 9.17) is 18.9 Å². The second kappa shape index (κ2) is 38.0. The number of imidazole rings is 2. The zero-order valence-corrected chi connectivity index (χ0v) is 61.8. The van der Waals surface area contributed by atoms with Crippen molar-refractivity contribution < 1.29 is 73.2 Å². The first-order chi connectivity index (χ1) is 56.8. The second-order valence-corrected chi connectivity index (χ2v) is 25.8. The highest BCUT2D eigenvalue weighted by molar-refractivity contribution is 6.00. The van der Waals surface area contributed by atoms with Crippen LogP contribution < -0.4 is 34.9 Å². The van der Waals surface area contributed by atoms with E-state index in [9.17, 15) is 54.3 Å². The molecule has 3 amide bonds. The van der Waals surface area contributed by atoms with E-state index in [2.05, 4.69) is 56.5 Å². The summed E-state index contributed by atoms with van der Waals surface area (Å²) in [6.07, 6.45) is 15.1. The number of nitrogens with one attached hydrogen (secondary N) is 3. The minimum atomic E-state index is -0.495. The van der Waals surface area contributed by atoms with Crippen LogP contribution in [0.15, 0.2) is 262 Å². The molecule has 0 fully saturated rings. The van der Waals surface area contributed by atoms with Crippen molar-refractivity contribution in [2.45, 2.75) is 65.8 Å². The summed E-state index contributed by atoms with van der Waals surface area (Å²) in [6, 6.07) is 52.0. The molecule has 8 aromatic heterocycles. The van der Waals surface area contributed by atoms with Crippen molar-refractivity contribution in [3.05, 3.63) is 381 Å². The zero-order valence-electron chi connectivity index (χ0n) is 61.8. The van der Waals surface area contributed by atoms with Crippen molar-refractivity contribution >= 4 is 46.1 Å². The van der Waals surface area contributed by atoms with Gasteiger partial charge in [0.1, 0.15) is 108 Å². The van der Waals surface area contributed by atoms with E-state index in [1.165, 1.54) is 113 Å². The molecule has 0 unspecified atom stereocenters. The van der Waals surface area contributed by atoms with E-state index in [1.807, 2.05) is 17.5 Å². The summed E-state index contributed by atoms with van der Waals surface area (Å²) in [5.41, 5.74) is 6.67. The Bertz CT molecular complexity index is 5800. The molecule has 8 heterocycles. The number of aromatic nitrogens is 12. The van der Waals surface area contributed by atoms with Crippen LogP contribution in [0.25, 0.3) is 22.6 Å². The molecule has 590 valence electrons. The number of rotatable bonds is 25. The Kier molecular flexibility index (Phi) is 26.0. The van der Waals surface area contributed by atoms with Crippen LogP contribution in [0.3, 0.4) is 0 Å². The summed E-state index contributed by atoms with van der Waals surface area (Å²) in [6.45, 7) is 1.78. The smallest absolute Gasteiger partial charge is 0.274 e. The average molecular weight is 1590 g/mol. The quantitative estimate of drug-likeness (QED) is 0.0355. The number of amides is 3. The molecule has 8 aromatic carbocycles. The van der Waals surface area contributed by atoms with Gasteiger partial charge in [0.15, 0.2) is 28.4 Å². The summed E-state index contributed by atoms with van der Waals surface area (Å²) in [4.78, 5) is 66.5. The van der Waals surface area contributed by atoms with Crippen molar-refractivity contribution in [3.63, 3.8) is 0 Å². The molecule has 0 radical (unpaired) electrons. The highest BCUT2D eigenvalue weighted by Crippen LogP contribution is 2.26. The van der Waals surface area contributed by atoms with Gasteiger partial charge in [-0.25, -0.2) is 59.6 Å². The topological polar surface area (TPSA) is 262 Å². The lowest BCUT2D eigenvalue weighted by Gasteiger charge is -2.11. The number of benzene rings is 8. The number of hydrogen-bond acceptors (Lipinski definition) is 16. The standard InChI is InChI=1S/C24H20F2N2O2.2C21H16F2N4O2.C20H15F2N5O2/c1-16-14-28-11-10-18(13-24(28)27-16)23(29)9-6-17-12-20(7-8-22(17)26)30-15-19-4-2-3-5-21(19)25;22-18-6-2-1-4-14(18)12-29-16-7-8-19(23)15(10-16)11-24-21(28)17-5-3-9-27-20(17)25-13-26-27;22-17-4-2-1-3-14(17)13-29-16-5-6-18(23)15(11-16)12-26-21(28)19-20-25-8-10-27(20)9-7-24-19;21-17-6-2-1-4-13(17)12-29-15-7-8-18(22)14(10-15)11-23-20(28)16-5-3-9-27-19(16)24-25-26-27/h2-5,7-8,10-14H,6,9,15H2,1H3;1-10,13H,11-12H2,(H,24,28);1-11H,12-13H2,(H,26,28);1-10H,11-12H2,(H,23,28). The maximum atomic E-state index is 14.2. The Morgan fingerprint density at radius 2 is 0.821 bits per heavy atom. The van der Waals surface area contributed by atoms with Gasteiger partial charge in [-0.05, 0) is 163 Å². The number of ketones is 1. The number of pyridine rings is 3. The molecule has 0 bridgehead atoms. The lowest BCUT2D eigenvalue weighted by molar-refractivity contribution is 0.0940. The Morgan fingerprint density at radius 1 is 0.393 bits per heavy atom. The van der Waals surface area contributed by atoms with Gasteiger partial charge in [-0.3, -0.25) is 19.2 Å². The largest absolute Gasteiger partial charge is 0.489 e.